The summed E-state index contributed by atoms with van der Waals surface area (Å²) in [6.07, 6.45) is -3.76. The number of halogens is 3. The molecule has 2 rings (SSSR count). The second-order valence-electron chi connectivity index (χ2n) is 5.20. The lowest BCUT2D eigenvalue weighted by Crippen LogP contribution is -2.40. The van der Waals surface area contributed by atoms with Gasteiger partial charge in [0.1, 0.15) is 12.3 Å². The first kappa shape index (κ1) is 16.6. The largest absolute Gasteiger partial charge is 0.495 e. The van der Waals surface area contributed by atoms with E-state index >= 15 is 0 Å². The average Bonchev–Trinajstić information content (AvgIpc) is 2.96. The molecule has 1 amide bonds. The zero-order chi connectivity index (χ0) is 16.2. The summed E-state index contributed by atoms with van der Waals surface area (Å²) in [5.41, 5.74) is 0.131. The third-order valence-electron chi connectivity index (χ3n) is 3.50. The maximum Gasteiger partial charge on any atom is 0.406 e. The van der Waals surface area contributed by atoms with Crippen molar-refractivity contribution in [2.24, 2.45) is 5.92 Å². The molecule has 0 unspecified atom stereocenters. The molecule has 7 heteroatoms. The summed E-state index contributed by atoms with van der Waals surface area (Å²) in [5, 5.41) is 0. The highest BCUT2D eigenvalue weighted by Crippen LogP contribution is 2.32. The van der Waals surface area contributed by atoms with Gasteiger partial charge >= 0.3 is 6.18 Å². The molecule has 0 aromatic heterocycles. The van der Waals surface area contributed by atoms with Gasteiger partial charge in [-0.25, -0.2) is 0 Å². The third kappa shape index (κ3) is 4.37. The number of ether oxygens (including phenoxy) is 2. The fraction of sp³-hybridized carbons (Fsp3) is 0.533. The molecule has 0 saturated carbocycles. The van der Waals surface area contributed by atoms with Gasteiger partial charge in [-0.05, 0) is 24.5 Å². The van der Waals surface area contributed by atoms with Crippen LogP contribution in [0.15, 0.2) is 24.3 Å². The summed E-state index contributed by atoms with van der Waals surface area (Å²) in [7, 11) is 1.36. The summed E-state index contributed by atoms with van der Waals surface area (Å²) in [6, 6.07) is 6.20. The van der Waals surface area contributed by atoms with Crippen LogP contribution < -0.4 is 9.64 Å². The van der Waals surface area contributed by atoms with E-state index in [2.05, 4.69) is 0 Å². The van der Waals surface area contributed by atoms with Gasteiger partial charge in [0, 0.05) is 19.6 Å². The number of benzene rings is 1. The second kappa shape index (κ2) is 7.00. The Balaban J connectivity index is 2.23. The van der Waals surface area contributed by atoms with Crippen molar-refractivity contribution < 1.29 is 27.4 Å². The Hall–Kier alpha value is -1.76. The normalized spacial score (nSPS) is 18.3. The molecule has 0 aliphatic carbocycles. The number of hydrogen-bond donors (Lipinski definition) is 0. The number of carbonyl (C=O) groups is 1. The summed E-state index contributed by atoms with van der Waals surface area (Å²) >= 11 is 0. The molecule has 0 radical (unpaired) electrons. The molecule has 1 atom stereocenters. The molecule has 1 aliphatic heterocycles. The summed E-state index contributed by atoms with van der Waals surface area (Å²) < 4.78 is 48.8. The van der Waals surface area contributed by atoms with E-state index in [-0.39, 0.29) is 23.8 Å². The van der Waals surface area contributed by atoms with Crippen molar-refractivity contribution in [2.75, 3.05) is 31.8 Å². The molecule has 122 valence electrons. The zero-order valence-corrected chi connectivity index (χ0v) is 12.2. The first-order chi connectivity index (χ1) is 10.4. The van der Waals surface area contributed by atoms with Crippen molar-refractivity contribution in [3.05, 3.63) is 24.3 Å². The van der Waals surface area contributed by atoms with E-state index in [1.165, 1.54) is 19.2 Å². The average molecular weight is 317 g/mol. The van der Waals surface area contributed by atoms with Crippen LogP contribution >= 0.6 is 0 Å². The first-order valence-corrected chi connectivity index (χ1v) is 6.98. The highest BCUT2D eigenvalue weighted by molar-refractivity contribution is 5.95. The fourth-order valence-electron chi connectivity index (χ4n) is 2.44. The lowest BCUT2D eigenvalue weighted by atomic mass is 10.0. The number of carbonyl (C=O) groups excluding carboxylic acids is 1. The number of hydrogen-bond acceptors (Lipinski definition) is 3. The molecule has 0 spiro atoms. The summed E-state index contributed by atoms with van der Waals surface area (Å²) in [5.74, 6) is -0.363. The van der Waals surface area contributed by atoms with Gasteiger partial charge < -0.3 is 9.47 Å². The van der Waals surface area contributed by atoms with Crippen LogP contribution in [-0.4, -0.2) is 39.0 Å². The van der Waals surface area contributed by atoms with Gasteiger partial charge in [-0.3, -0.25) is 9.69 Å². The molecular formula is C15H18F3NO3. The molecular weight excluding hydrogens is 299 g/mol. The van der Waals surface area contributed by atoms with Gasteiger partial charge in [-0.15, -0.1) is 0 Å². The van der Waals surface area contributed by atoms with Crippen LogP contribution in [-0.2, 0) is 9.53 Å². The molecule has 0 bridgehead atoms. The molecule has 0 N–H and O–H groups in total. The Bertz CT molecular complexity index is 513. The van der Waals surface area contributed by atoms with Gasteiger partial charge in [0.05, 0.1) is 12.8 Å². The van der Waals surface area contributed by atoms with E-state index in [0.29, 0.717) is 19.6 Å². The molecule has 1 saturated heterocycles. The van der Waals surface area contributed by atoms with Gasteiger partial charge in [-0.2, -0.15) is 13.2 Å². The maximum atomic E-state index is 12.8. The number of alkyl halides is 3. The Morgan fingerprint density at radius 2 is 2.14 bits per heavy atom. The Morgan fingerprint density at radius 1 is 1.41 bits per heavy atom. The van der Waals surface area contributed by atoms with Crippen LogP contribution in [0.4, 0.5) is 18.9 Å². The number of para-hydroxylation sites is 2. The Kier molecular flexibility index (Phi) is 5.28. The highest BCUT2D eigenvalue weighted by Gasteiger charge is 2.35. The standard InChI is InChI=1S/C15H18F3NO3/c1-21-13-5-3-2-4-12(13)19(10-15(16,17)18)14(20)8-11-6-7-22-9-11/h2-5,11H,6-10H2,1H3/t11-/m1/s1. The van der Waals surface area contributed by atoms with Crippen LogP contribution in [0, 0.1) is 5.92 Å². The van der Waals surface area contributed by atoms with Crippen molar-refractivity contribution in [1.82, 2.24) is 0 Å². The number of rotatable bonds is 5. The van der Waals surface area contributed by atoms with E-state index in [0.717, 1.165) is 4.90 Å². The van der Waals surface area contributed by atoms with E-state index in [1.54, 1.807) is 12.1 Å². The van der Waals surface area contributed by atoms with Crippen LogP contribution in [0.1, 0.15) is 12.8 Å². The van der Waals surface area contributed by atoms with Gasteiger partial charge in [-0.1, -0.05) is 12.1 Å². The van der Waals surface area contributed by atoms with Gasteiger partial charge in [0.2, 0.25) is 5.91 Å². The Morgan fingerprint density at radius 3 is 2.73 bits per heavy atom. The third-order valence-corrected chi connectivity index (χ3v) is 3.50. The molecule has 1 heterocycles. The van der Waals surface area contributed by atoms with Crippen molar-refractivity contribution >= 4 is 11.6 Å². The number of anilines is 1. The maximum absolute atomic E-state index is 12.8. The topological polar surface area (TPSA) is 38.8 Å². The number of amides is 1. The predicted molar refractivity (Wildman–Crippen MR) is 74.9 cm³/mol. The lowest BCUT2D eigenvalue weighted by molar-refractivity contribution is -0.133. The van der Waals surface area contributed by atoms with E-state index < -0.39 is 18.6 Å². The molecule has 4 nitrogen and oxygen atoms in total. The van der Waals surface area contributed by atoms with Crippen LogP contribution in [0.3, 0.4) is 0 Å². The van der Waals surface area contributed by atoms with Gasteiger partial charge in [0.15, 0.2) is 0 Å². The van der Waals surface area contributed by atoms with Crippen molar-refractivity contribution in [1.29, 1.82) is 0 Å². The predicted octanol–water partition coefficient (Wildman–Crippen LogP) is 3.02. The van der Waals surface area contributed by atoms with Crippen LogP contribution in [0.25, 0.3) is 0 Å². The minimum atomic E-state index is -4.48. The number of methoxy groups -OCH3 is 1. The van der Waals surface area contributed by atoms with E-state index in [4.69, 9.17) is 9.47 Å². The fourth-order valence-corrected chi connectivity index (χ4v) is 2.44. The summed E-state index contributed by atoms with van der Waals surface area (Å²) in [6.45, 7) is -0.372. The van der Waals surface area contributed by atoms with Crippen LogP contribution in [0.5, 0.6) is 5.75 Å². The Labute approximate surface area is 126 Å². The molecule has 1 aromatic rings. The van der Waals surface area contributed by atoms with Crippen molar-refractivity contribution in [2.45, 2.75) is 19.0 Å². The van der Waals surface area contributed by atoms with E-state index in [1.807, 2.05) is 0 Å². The number of nitrogens with zero attached hydrogens (tertiary/aromatic N) is 1. The van der Waals surface area contributed by atoms with Crippen molar-refractivity contribution in [3.8, 4) is 5.75 Å². The molecule has 22 heavy (non-hydrogen) atoms. The van der Waals surface area contributed by atoms with Gasteiger partial charge in [0.25, 0.3) is 0 Å². The highest BCUT2D eigenvalue weighted by atomic mass is 19.4. The molecule has 1 fully saturated rings. The van der Waals surface area contributed by atoms with Crippen LogP contribution in [0.2, 0.25) is 0 Å². The quantitative estimate of drug-likeness (QED) is 0.838. The smallest absolute Gasteiger partial charge is 0.406 e. The second-order valence-corrected chi connectivity index (χ2v) is 5.20. The van der Waals surface area contributed by atoms with Crippen molar-refractivity contribution in [3.63, 3.8) is 0 Å². The SMILES string of the molecule is COc1ccccc1N(CC(F)(F)F)C(=O)C[C@H]1CCOC1. The minimum absolute atomic E-state index is 0.0297. The monoisotopic (exact) mass is 317 g/mol. The molecule has 1 aromatic carbocycles. The lowest BCUT2D eigenvalue weighted by Gasteiger charge is -2.26. The molecule has 1 aliphatic rings. The minimum Gasteiger partial charge on any atom is -0.495 e. The first-order valence-electron chi connectivity index (χ1n) is 6.98. The zero-order valence-electron chi connectivity index (χ0n) is 12.2. The summed E-state index contributed by atoms with van der Waals surface area (Å²) in [4.78, 5) is 13.1. The van der Waals surface area contributed by atoms with E-state index in [9.17, 15) is 18.0 Å².